The van der Waals surface area contributed by atoms with E-state index >= 15 is 0 Å². The highest BCUT2D eigenvalue weighted by atomic mass is 32.2. The molecule has 0 N–H and O–H groups in total. The molecule has 130 valence electrons. The van der Waals surface area contributed by atoms with Gasteiger partial charge in [-0.05, 0) is 30.0 Å². The van der Waals surface area contributed by atoms with Gasteiger partial charge < -0.3 is 8.98 Å². The first-order valence-electron chi connectivity index (χ1n) is 8.04. The van der Waals surface area contributed by atoms with Gasteiger partial charge in [0.1, 0.15) is 0 Å². The molecule has 0 radical (unpaired) electrons. The molecule has 2 rings (SSSR count). The van der Waals surface area contributed by atoms with E-state index in [1.165, 1.54) is 5.56 Å². The third-order valence-electron chi connectivity index (χ3n) is 5.61. The lowest BCUT2D eigenvalue weighted by Gasteiger charge is -2.56. The highest BCUT2D eigenvalue weighted by Crippen LogP contribution is 2.52. The average Bonchev–Trinajstić information content (AvgIpc) is 2.96. The maximum atomic E-state index is 12.4. The van der Waals surface area contributed by atoms with Crippen LogP contribution in [0.4, 0.5) is 0 Å². The second-order valence-electron chi connectivity index (χ2n) is 7.81. The van der Waals surface area contributed by atoms with Crippen molar-refractivity contribution < 1.29 is 9.21 Å². The highest BCUT2D eigenvalue weighted by molar-refractivity contribution is 8.16. The minimum atomic E-state index is -1.82. The summed E-state index contributed by atoms with van der Waals surface area (Å²) in [5.74, 6) is 0.338. The van der Waals surface area contributed by atoms with Crippen LogP contribution in [0.2, 0.25) is 18.1 Å². The van der Waals surface area contributed by atoms with Gasteiger partial charge in [0, 0.05) is 18.0 Å². The van der Waals surface area contributed by atoms with Gasteiger partial charge in [0.2, 0.25) is 5.91 Å². The summed E-state index contributed by atoms with van der Waals surface area (Å²) in [6, 6.07) is 2.41. The molecule has 1 aliphatic heterocycles. The fraction of sp³-hybridized carbons (Fsp3) is 0.706. The van der Waals surface area contributed by atoms with E-state index in [2.05, 4.69) is 57.0 Å². The Kier molecular flexibility index (Phi) is 5.39. The van der Waals surface area contributed by atoms with Gasteiger partial charge in [-0.25, -0.2) is 0 Å². The van der Waals surface area contributed by atoms with E-state index in [1.807, 2.05) is 29.8 Å². The molecule has 0 saturated carbocycles. The predicted molar refractivity (Wildman–Crippen MR) is 104 cm³/mol. The fourth-order valence-electron chi connectivity index (χ4n) is 3.17. The zero-order valence-electron chi connectivity index (χ0n) is 15.3. The number of carbonyl (C=O) groups is 1. The van der Waals surface area contributed by atoms with Crippen molar-refractivity contribution in [3.05, 3.63) is 24.2 Å². The van der Waals surface area contributed by atoms with Gasteiger partial charge in [0.25, 0.3) is 0 Å². The Bertz CT molecular complexity index is 547. The quantitative estimate of drug-likeness (QED) is 0.393. The molecular formula is C17H29NO2S2Si. The summed E-state index contributed by atoms with van der Waals surface area (Å²) in [7, 11) is -1.82. The van der Waals surface area contributed by atoms with Crippen LogP contribution in [0.15, 0.2) is 23.0 Å². The first-order valence-corrected chi connectivity index (χ1v) is 13.4. The van der Waals surface area contributed by atoms with Gasteiger partial charge >= 0.3 is 0 Å². The number of rotatable bonds is 6. The predicted octanol–water partition coefficient (Wildman–Crippen LogP) is 5.15. The van der Waals surface area contributed by atoms with Crippen molar-refractivity contribution in [2.24, 2.45) is 0 Å². The van der Waals surface area contributed by atoms with E-state index in [4.69, 9.17) is 4.42 Å². The van der Waals surface area contributed by atoms with Gasteiger partial charge in [0.05, 0.1) is 16.6 Å². The van der Waals surface area contributed by atoms with Crippen molar-refractivity contribution in [3.63, 3.8) is 0 Å². The van der Waals surface area contributed by atoms with Gasteiger partial charge in [-0.3, -0.25) is 4.79 Å². The van der Waals surface area contributed by atoms with E-state index in [1.54, 1.807) is 6.26 Å². The number of β-lactam (4-membered cyclic amide) rings is 1. The lowest BCUT2D eigenvalue weighted by Crippen LogP contribution is -2.68. The molecule has 0 spiro atoms. The number of thioether (sulfide) groups is 2. The molecule has 6 heteroatoms. The monoisotopic (exact) mass is 371 g/mol. The summed E-state index contributed by atoms with van der Waals surface area (Å²) in [6.07, 6.45) is 9.57. The van der Waals surface area contributed by atoms with Crippen molar-refractivity contribution in [1.29, 1.82) is 0 Å². The van der Waals surface area contributed by atoms with Crippen molar-refractivity contribution in [3.8, 4) is 0 Å². The van der Waals surface area contributed by atoms with Gasteiger partial charge in [0.15, 0.2) is 8.24 Å². The van der Waals surface area contributed by atoms with Crippen LogP contribution in [0.1, 0.15) is 39.2 Å². The molecule has 0 unspecified atom stereocenters. The molecule has 1 atom stereocenters. The summed E-state index contributed by atoms with van der Waals surface area (Å²) in [5, 5.41) is 0.179. The molecule has 23 heavy (non-hydrogen) atoms. The first kappa shape index (κ1) is 19.0. The molecule has 0 bridgehead atoms. The Morgan fingerprint density at radius 3 is 2.30 bits per heavy atom. The maximum absolute atomic E-state index is 12.4. The average molecular weight is 372 g/mol. The van der Waals surface area contributed by atoms with E-state index < -0.39 is 8.24 Å². The van der Waals surface area contributed by atoms with Gasteiger partial charge in [-0.2, -0.15) is 0 Å². The Balaban J connectivity index is 2.26. The minimum Gasteiger partial charge on any atom is -0.472 e. The smallest absolute Gasteiger partial charge is 0.216 e. The number of carbonyl (C=O) groups excluding carboxylic acids is 1. The number of amides is 1. The second-order valence-corrected chi connectivity index (χ2v) is 15.4. The normalized spacial score (nSPS) is 19.9. The molecule has 3 nitrogen and oxygen atoms in total. The standard InChI is InChI=1S/C17H29NO2S2Si/c1-16(2,3)23(6,7)18-14(10-15(18)19)11-17(21-4,22-5)13-8-9-20-12-13/h8-9,12,14H,10-11H2,1-7H3/t14-/m0/s1. The summed E-state index contributed by atoms with van der Waals surface area (Å²) in [5.41, 5.74) is 1.21. The molecule has 2 heterocycles. The van der Waals surface area contributed by atoms with Crippen LogP contribution in [0.5, 0.6) is 0 Å². The van der Waals surface area contributed by atoms with Crippen LogP contribution < -0.4 is 0 Å². The minimum absolute atomic E-state index is 0.0427. The molecule has 1 amide bonds. The van der Waals surface area contributed by atoms with Crippen LogP contribution in [0.3, 0.4) is 0 Å². The van der Waals surface area contributed by atoms with E-state index in [-0.39, 0.29) is 9.12 Å². The number of furan rings is 1. The maximum Gasteiger partial charge on any atom is 0.216 e. The summed E-state index contributed by atoms with van der Waals surface area (Å²) >= 11 is 3.71. The molecule has 1 aliphatic rings. The molecular weight excluding hydrogens is 342 g/mol. The van der Waals surface area contributed by atoms with Crippen molar-refractivity contribution in [2.75, 3.05) is 12.5 Å². The Morgan fingerprint density at radius 1 is 1.30 bits per heavy atom. The van der Waals surface area contributed by atoms with Crippen LogP contribution >= 0.6 is 23.5 Å². The Morgan fingerprint density at radius 2 is 1.91 bits per heavy atom. The number of hydrogen-bond acceptors (Lipinski definition) is 4. The molecule has 0 aromatic carbocycles. The van der Waals surface area contributed by atoms with Crippen molar-refractivity contribution in [1.82, 2.24) is 4.57 Å². The molecule has 0 aliphatic carbocycles. The van der Waals surface area contributed by atoms with E-state index in [0.717, 1.165) is 6.42 Å². The van der Waals surface area contributed by atoms with Crippen LogP contribution in [0, 0.1) is 0 Å². The van der Waals surface area contributed by atoms with Crippen molar-refractivity contribution in [2.45, 2.75) is 61.9 Å². The van der Waals surface area contributed by atoms with E-state index in [9.17, 15) is 4.79 Å². The fourth-order valence-corrected chi connectivity index (χ4v) is 7.79. The first-order chi connectivity index (χ1) is 10.6. The van der Waals surface area contributed by atoms with Crippen molar-refractivity contribution >= 4 is 37.7 Å². The number of nitrogens with zero attached hydrogens (tertiary/aromatic N) is 1. The topological polar surface area (TPSA) is 33.5 Å². The molecule has 1 saturated heterocycles. The third kappa shape index (κ3) is 3.26. The SMILES string of the molecule is CSC(C[C@@H]1CC(=O)N1[Si](C)(C)C(C)(C)C)(SC)c1ccoc1. The van der Waals surface area contributed by atoms with Crippen LogP contribution in [0.25, 0.3) is 0 Å². The molecule has 1 fully saturated rings. The molecule has 1 aromatic rings. The lowest BCUT2D eigenvalue weighted by atomic mass is 9.98. The Hall–Kier alpha value is -0.333. The van der Waals surface area contributed by atoms with Crippen LogP contribution in [-0.2, 0) is 8.87 Å². The van der Waals surface area contributed by atoms with Gasteiger partial charge in [-0.15, -0.1) is 23.5 Å². The second kappa shape index (κ2) is 6.52. The van der Waals surface area contributed by atoms with E-state index in [0.29, 0.717) is 18.4 Å². The lowest BCUT2D eigenvalue weighted by molar-refractivity contribution is -0.139. The zero-order valence-corrected chi connectivity index (χ0v) is 17.9. The third-order valence-corrected chi connectivity index (χ3v) is 14.2. The Labute approximate surface area is 150 Å². The number of hydrogen-bond donors (Lipinski definition) is 0. The van der Waals surface area contributed by atoms with Crippen LogP contribution in [-0.4, -0.2) is 37.3 Å². The largest absolute Gasteiger partial charge is 0.472 e. The zero-order chi connectivity index (χ0) is 17.5. The molecule has 1 aromatic heterocycles. The summed E-state index contributed by atoms with van der Waals surface area (Å²) in [4.78, 5) is 12.4. The highest BCUT2D eigenvalue weighted by Gasteiger charge is 2.53. The summed E-state index contributed by atoms with van der Waals surface area (Å²) < 4.78 is 7.54. The van der Waals surface area contributed by atoms with Gasteiger partial charge in [-0.1, -0.05) is 33.9 Å². The summed E-state index contributed by atoms with van der Waals surface area (Å²) in [6.45, 7) is 11.5.